The molecule has 2 fully saturated rings. The zero-order valence-corrected chi connectivity index (χ0v) is 20.6. The Morgan fingerprint density at radius 3 is 1.82 bits per heavy atom. The van der Waals surface area contributed by atoms with E-state index in [1.165, 1.54) is 25.7 Å². The smallest absolute Gasteiger partial charge is 0.319 e. The molecule has 184 valence electrons. The van der Waals surface area contributed by atoms with E-state index in [1.807, 2.05) is 25.1 Å². The van der Waals surface area contributed by atoms with Crippen LogP contribution in [0.2, 0.25) is 0 Å². The molecule has 2 heterocycles. The zero-order valence-electron chi connectivity index (χ0n) is 20.6. The predicted octanol–water partition coefficient (Wildman–Crippen LogP) is 3.70. The summed E-state index contributed by atoms with van der Waals surface area (Å²) in [5, 5.41) is 11.7. The predicted molar refractivity (Wildman–Crippen MR) is 135 cm³/mol. The highest BCUT2D eigenvalue weighted by atomic mass is 16.2. The summed E-state index contributed by atoms with van der Waals surface area (Å²) in [6.07, 6.45) is 6.83. The number of hydrogen-bond acceptors (Lipinski definition) is 4. The van der Waals surface area contributed by atoms with Gasteiger partial charge in [-0.3, -0.25) is 0 Å². The molecule has 33 heavy (non-hydrogen) atoms. The van der Waals surface area contributed by atoms with Crippen molar-refractivity contribution in [3.05, 3.63) is 23.8 Å². The number of hydrogen-bond donors (Lipinski definition) is 4. The minimum atomic E-state index is -0.208. The van der Waals surface area contributed by atoms with Crippen molar-refractivity contribution in [2.75, 3.05) is 64.0 Å². The highest BCUT2D eigenvalue weighted by molar-refractivity contribution is 5.93. The molecule has 0 aliphatic carbocycles. The van der Waals surface area contributed by atoms with Crippen LogP contribution in [0.4, 0.5) is 21.0 Å². The van der Waals surface area contributed by atoms with Gasteiger partial charge in [-0.2, -0.15) is 0 Å². The Labute approximate surface area is 198 Å². The Hall–Kier alpha value is -2.32. The van der Waals surface area contributed by atoms with E-state index in [0.29, 0.717) is 36.3 Å². The van der Waals surface area contributed by atoms with E-state index in [9.17, 15) is 9.59 Å². The first-order valence-corrected chi connectivity index (χ1v) is 12.5. The van der Waals surface area contributed by atoms with Gasteiger partial charge in [-0.05, 0) is 115 Å². The fourth-order valence-electron chi connectivity index (χ4n) is 4.66. The maximum Gasteiger partial charge on any atom is 0.319 e. The van der Waals surface area contributed by atoms with Gasteiger partial charge in [0.1, 0.15) is 0 Å². The second-order valence-electron chi connectivity index (χ2n) is 9.86. The molecule has 0 unspecified atom stereocenters. The normalized spacial score (nSPS) is 18.6. The van der Waals surface area contributed by atoms with Crippen molar-refractivity contribution < 1.29 is 9.59 Å². The molecule has 8 heteroatoms. The standard InChI is InChI=1S/C25H42N6O2/c1-19-4-5-22(28-24(32)26-12-6-20-8-14-30(2)15-9-20)18-23(19)29-25(33)27-13-7-21-10-16-31(3)17-11-21/h4-5,18,20-21H,6-17H2,1-3H3,(H2,26,28,32)(H2,27,29,33). The summed E-state index contributed by atoms with van der Waals surface area (Å²) in [7, 11) is 4.32. The number of benzene rings is 1. The molecule has 0 radical (unpaired) electrons. The molecule has 2 saturated heterocycles. The second kappa shape index (κ2) is 12.8. The van der Waals surface area contributed by atoms with Gasteiger partial charge < -0.3 is 31.1 Å². The molecule has 8 nitrogen and oxygen atoms in total. The number of carbonyl (C=O) groups is 2. The van der Waals surface area contributed by atoms with Crippen molar-refractivity contribution in [3.8, 4) is 0 Å². The molecule has 0 bridgehead atoms. The SMILES string of the molecule is Cc1ccc(NC(=O)NCCC2CCN(C)CC2)cc1NC(=O)NCCC1CCN(C)CC1. The number of nitrogens with one attached hydrogen (secondary N) is 4. The average molecular weight is 459 g/mol. The molecule has 1 aromatic carbocycles. The van der Waals surface area contributed by atoms with E-state index in [-0.39, 0.29) is 12.1 Å². The first-order valence-electron chi connectivity index (χ1n) is 12.5. The van der Waals surface area contributed by atoms with Crippen molar-refractivity contribution in [2.45, 2.75) is 45.4 Å². The third-order valence-corrected chi connectivity index (χ3v) is 7.10. The van der Waals surface area contributed by atoms with Crippen LogP contribution in [-0.4, -0.2) is 75.2 Å². The lowest BCUT2D eigenvalue weighted by molar-refractivity contribution is 0.211. The number of anilines is 2. The van der Waals surface area contributed by atoms with Crippen LogP contribution in [0.25, 0.3) is 0 Å². The molecule has 0 spiro atoms. The number of amides is 4. The van der Waals surface area contributed by atoms with Gasteiger partial charge in [-0.25, -0.2) is 9.59 Å². The summed E-state index contributed by atoms with van der Waals surface area (Å²) < 4.78 is 0. The molecule has 0 aromatic heterocycles. The maximum absolute atomic E-state index is 12.4. The van der Waals surface area contributed by atoms with Crippen LogP contribution in [0.3, 0.4) is 0 Å². The second-order valence-corrected chi connectivity index (χ2v) is 9.86. The minimum Gasteiger partial charge on any atom is -0.338 e. The van der Waals surface area contributed by atoms with Crippen LogP contribution in [0.1, 0.15) is 44.1 Å². The molecular formula is C25H42N6O2. The quantitative estimate of drug-likeness (QED) is 0.478. The third-order valence-electron chi connectivity index (χ3n) is 7.10. The fraction of sp³-hybridized carbons (Fsp3) is 0.680. The van der Waals surface area contributed by atoms with E-state index >= 15 is 0 Å². The van der Waals surface area contributed by atoms with E-state index in [4.69, 9.17) is 0 Å². The Morgan fingerprint density at radius 1 is 0.818 bits per heavy atom. The summed E-state index contributed by atoms with van der Waals surface area (Å²) in [6.45, 7) is 7.86. The molecule has 2 aliphatic rings. The van der Waals surface area contributed by atoms with E-state index in [1.54, 1.807) is 0 Å². The molecule has 0 atom stereocenters. The van der Waals surface area contributed by atoms with Gasteiger partial charge in [0.2, 0.25) is 0 Å². The van der Waals surface area contributed by atoms with Crippen LogP contribution in [0.15, 0.2) is 18.2 Å². The van der Waals surface area contributed by atoms with Gasteiger partial charge in [0.15, 0.2) is 0 Å². The van der Waals surface area contributed by atoms with Crippen LogP contribution in [0.5, 0.6) is 0 Å². The minimum absolute atomic E-state index is 0.203. The van der Waals surface area contributed by atoms with Crippen molar-refractivity contribution in [2.24, 2.45) is 11.8 Å². The van der Waals surface area contributed by atoms with E-state index < -0.39 is 0 Å². The summed E-state index contributed by atoms with van der Waals surface area (Å²) in [4.78, 5) is 29.4. The highest BCUT2D eigenvalue weighted by Gasteiger charge is 2.17. The Bertz CT molecular complexity index is 770. The fourth-order valence-corrected chi connectivity index (χ4v) is 4.66. The van der Waals surface area contributed by atoms with Crippen LogP contribution >= 0.6 is 0 Å². The Balaban J connectivity index is 1.37. The number of aryl methyl sites for hydroxylation is 1. The first kappa shape index (κ1) is 25.3. The summed E-state index contributed by atoms with van der Waals surface area (Å²) in [6, 6.07) is 5.16. The van der Waals surface area contributed by atoms with Crippen molar-refractivity contribution in [1.82, 2.24) is 20.4 Å². The van der Waals surface area contributed by atoms with Gasteiger partial charge in [0, 0.05) is 24.5 Å². The van der Waals surface area contributed by atoms with Gasteiger partial charge in [0.05, 0.1) is 0 Å². The molecular weight excluding hydrogens is 416 g/mol. The molecule has 2 aliphatic heterocycles. The monoisotopic (exact) mass is 458 g/mol. The summed E-state index contributed by atoms with van der Waals surface area (Å²) in [5.74, 6) is 1.38. The van der Waals surface area contributed by atoms with Crippen molar-refractivity contribution >= 4 is 23.4 Å². The topological polar surface area (TPSA) is 88.7 Å². The van der Waals surface area contributed by atoms with Gasteiger partial charge in [-0.15, -0.1) is 0 Å². The number of nitrogens with zero attached hydrogens (tertiary/aromatic N) is 2. The largest absolute Gasteiger partial charge is 0.338 e. The Kier molecular flexibility index (Phi) is 9.81. The maximum atomic E-state index is 12.4. The lowest BCUT2D eigenvalue weighted by Crippen LogP contribution is -2.34. The van der Waals surface area contributed by atoms with Crippen molar-refractivity contribution in [3.63, 3.8) is 0 Å². The number of urea groups is 2. The first-order chi connectivity index (χ1) is 15.9. The van der Waals surface area contributed by atoms with Gasteiger partial charge >= 0.3 is 12.1 Å². The van der Waals surface area contributed by atoms with E-state index in [2.05, 4.69) is 45.2 Å². The lowest BCUT2D eigenvalue weighted by atomic mass is 9.94. The van der Waals surface area contributed by atoms with Crippen LogP contribution in [-0.2, 0) is 0 Å². The lowest BCUT2D eigenvalue weighted by Gasteiger charge is -2.28. The third kappa shape index (κ3) is 8.85. The van der Waals surface area contributed by atoms with Crippen LogP contribution in [0, 0.1) is 18.8 Å². The molecule has 1 aromatic rings. The average Bonchev–Trinajstić information content (AvgIpc) is 2.79. The number of carbonyl (C=O) groups excluding carboxylic acids is 2. The number of rotatable bonds is 8. The number of piperidine rings is 2. The zero-order chi connectivity index (χ0) is 23.6. The summed E-state index contributed by atoms with van der Waals surface area (Å²) >= 11 is 0. The van der Waals surface area contributed by atoms with Crippen molar-refractivity contribution in [1.29, 1.82) is 0 Å². The van der Waals surface area contributed by atoms with Gasteiger partial charge in [-0.1, -0.05) is 6.07 Å². The van der Waals surface area contributed by atoms with Crippen LogP contribution < -0.4 is 21.3 Å². The highest BCUT2D eigenvalue weighted by Crippen LogP contribution is 2.22. The molecule has 3 rings (SSSR count). The Morgan fingerprint density at radius 2 is 1.30 bits per heavy atom. The molecule has 0 saturated carbocycles. The number of likely N-dealkylation sites (tertiary alicyclic amines) is 2. The van der Waals surface area contributed by atoms with Gasteiger partial charge in [0.25, 0.3) is 0 Å². The molecule has 4 N–H and O–H groups in total. The molecule has 4 amide bonds. The summed E-state index contributed by atoms with van der Waals surface area (Å²) in [5.41, 5.74) is 2.32. The van der Waals surface area contributed by atoms with E-state index in [0.717, 1.165) is 44.6 Å².